The van der Waals surface area contributed by atoms with Gasteiger partial charge in [0.25, 0.3) is 0 Å². The van der Waals surface area contributed by atoms with E-state index < -0.39 is 24.1 Å². The summed E-state index contributed by atoms with van der Waals surface area (Å²) in [5.74, 6) is 0.355. The Balaban J connectivity index is 1.30. The average Bonchev–Trinajstić information content (AvgIpc) is 3.42. The van der Waals surface area contributed by atoms with Crippen molar-refractivity contribution in [1.82, 2.24) is 9.88 Å². The lowest BCUT2D eigenvalue weighted by molar-refractivity contribution is -0.176. The van der Waals surface area contributed by atoms with E-state index in [9.17, 15) is 9.59 Å². The van der Waals surface area contributed by atoms with E-state index in [0.717, 1.165) is 41.7 Å². The van der Waals surface area contributed by atoms with Crippen LogP contribution in [0.15, 0.2) is 28.7 Å². The second kappa shape index (κ2) is 12.7. The van der Waals surface area contributed by atoms with Gasteiger partial charge in [0.15, 0.2) is 11.5 Å². The molecule has 1 N–H and O–H groups in total. The number of rotatable bonds is 8. The lowest BCUT2D eigenvalue weighted by Crippen LogP contribution is -2.58. The number of hydrogen-bond donors (Lipinski definition) is 1. The first-order chi connectivity index (χ1) is 21.8. The highest BCUT2D eigenvalue weighted by Gasteiger charge is 2.54. The number of aromatic nitrogens is 1. The number of nitrogens with one attached hydrogen (secondary N) is 1. The summed E-state index contributed by atoms with van der Waals surface area (Å²) in [7, 11) is 9.08. The summed E-state index contributed by atoms with van der Waals surface area (Å²) in [6.07, 6.45) is 0.863. The van der Waals surface area contributed by atoms with Crippen molar-refractivity contribution < 1.29 is 42.7 Å². The van der Waals surface area contributed by atoms with Crippen molar-refractivity contribution >= 4 is 38.8 Å². The van der Waals surface area contributed by atoms with E-state index in [2.05, 4.69) is 31.9 Å². The minimum absolute atomic E-state index is 0.0292. The summed E-state index contributed by atoms with van der Waals surface area (Å²) in [4.78, 5) is 33.2. The first-order valence-corrected chi connectivity index (χ1v) is 15.8. The highest BCUT2D eigenvalue weighted by molar-refractivity contribution is 9.10. The molecule has 0 bridgehead atoms. The van der Waals surface area contributed by atoms with Crippen molar-refractivity contribution in [3.05, 3.63) is 45.6 Å². The van der Waals surface area contributed by atoms with E-state index in [1.165, 1.54) is 45.1 Å². The van der Waals surface area contributed by atoms with E-state index in [1.54, 1.807) is 26.4 Å². The van der Waals surface area contributed by atoms with Gasteiger partial charge in [0, 0.05) is 42.9 Å². The minimum Gasteiger partial charge on any atom is -0.495 e. The number of aromatic amines is 1. The van der Waals surface area contributed by atoms with Crippen LogP contribution in [0.2, 0.25) is 0 Å². The fourth-order valence-electron chi connectivity index (χ4n) is 7.81. The van der Waals surface area contributed by atoms with Gasteiger partial charge in [-0.05, 0) is 70.8 Å². The summed E-state index contributed by atoms with van der Waals surface area (Å²) < 4.78 is 40.1. The average molecular weight is 688 g/mol. The SMILES string of the molecule is COC(=O)[C@H]1[C@H]2C[C@H]3c4[nH]c5cc(OC)c(Br)cc5c4CCN3C[C@H]2C[C@@H](OC(=O)c2cc(OC)c(OC)c(OC)c2)[C@H]1OC. The van der Waals surface area contributed by atoms with Gasteiger partial charge >= 0.3 is 11.9 Å². The Hall–Kier alpha value is -3.48. The maximum absolute atomic E-state index is 13.6. The van der Waals surface area contributed by atoms with Gasteiger partial charge in [-0.25, -0.2) is 4.79 Å². The molecule has 1 saturated heterocycles. The van der Waals surface area contributed by atoms with E-state index in [0.29, 0.717) is 23.7 Å². The molecule has 1 saturated carbocycles. The lowest BCUT2D eigenvalue weighted by Gasteiger charge is -2.52. The third-order valence-electron chi connectivity index (χ3n) is 9.83. The number of methoxy groups -OCH3 is 6. The molecule has 0 unspecified atom stereocenters. The Morgan fingerprint density at radius 2 is 1.62 bits per heavy atom. The quantitative estimate of drug-likeness (QED) is 0.327. The fraction of sp³-hybridized carbons (Fsp3) is 0.515. The zero-order valence-electron chi connectivity index (χ0n) is 26.3. The molecule has 3 heterocycles. The van der Waals surface area contributed by atoms with Gasteiger partial charge in [-0.1, -0.05) is 0 Å². The van der Waals surface area contributed by atoms with Gasteiger partial charge in [-0.2, -0.15) is 0 Å². The van der Waals surface area contributed by atoms with Crippen molar-refractivity contribution in [1.29, 1.82) is 0 Å². The molecule has 2 fully saturated rings. The molecule has 3 aliphatic rings. The third kappa shape index (κ3) is 5.40. The van der Waals surface area contributed by atoms with Crippen molar-refractivity contribution in [2.75, 3.05) is 55.7 Å². The van der Waals surface area contributed by atoms with E-state index in [1.807, 2.05) is 6.07 Å². The molecule has 45 heavy (non-hydrogen) atoms. The summed E-state index contributed by atoms with van der Waals surface area (Å²) in [6, 6.07) is 7.37. The van der Waals surface area contributed by atoms with Crippen LogP contribution in [0, 0.1) is 17.8 Å². The number of piperidine rings is 1. The number of esters is 2. The zero-order chi connectivity index (χ0) is 32.0. The molecule has 0 spiro atoms. The monoisotopic (exact) mass is 686 g/mol. The number of fused-ring (bicyclic) bond motifs is 6. The predicted molar refractivity (Wildman–Crippen MR) is 168 cm³/mol. The van der Waals surface area contributed by atoms with Gasteiger partial charge in [0.2, 0.25) is 5.75 Å². The molecule has 242 valence electrons. The third-order valence-corrected chi connectivity index (χ3v) is 10.4. The Bertz CT molecular complexity index is 1580. The standard InChI is InChI=1S/C33H39BrN2O9/c1-39-24-14-22-20(12-21(24)34)18-7-8-36-15-17-11-27(45-32(37)16-9-25(40-2)30(42-4)26(10-16)41-3)31(43-5)28(33(38)44-6)19(17)13-23(36)29(18)35-22/h9-10,12,14,17,19,23,27-28,31,35H,7-8,11,13,15H2,1-6H3/t17-,19+,23+,27-,28+,31-/m1/s1. The Labute approximate surface area is 270 Å². The van der Waals surface area contributed by atoms with Crippen LogP contribution in [0.5, 0.6) is 23.0 Å². The highest BCUT2D eigenvalue weighted by atomic mass is 79.9. The van der Waals surface area contributed by atoms with Crippen molar-refractivity contribution in [3.63, 3.8) is 0 Å². The number of hydrogen-bond acceptors (Lipinski definition) is 10. The largest absolute Gasteiger partial charge is 0.495 e. The summed E-state index contributed by atoms with van der Waals surface area (Å²) in [5, 5.41) is 1.18. The van der Waals surface area contributed by atoms with Crippen LogP contribution in [0.1, 0.15) is 40.5 Å². The van der Waals surface area contributed by atoms with Crippen molar-refractivity contribution in [2.24, 2.45) is 17.8 Å². The molecule has 1 aliphatic carbocycles. The first-order valence-electron chi connectivity index (χ1n) is 15.0. The Morgan fingerprint density at radius 3 is 2.24 bits per heavy atom. The second-order valence-electron chi connectivity index (χ2n) is 11.8. The molecule has 12 heteroatoms. The molecule has 6 rings (SSSR count). The lowest BCUT2D eigenvalue weighted by atomic mass is 9.63. The summed E-state index contributed by atoms with van der Waals surface area (Å²) >= 11 is 3.64. The number of carbonyl (C=O) groups excluding carboxylic acids is 2. The molecule has 1 aromatic heterocycles. The van der Waals surface area contributed by atoms with Gasteiger partial charge < -0.3 is 38.1 Å². The molecule has 0 radical (unpaired) electrons. The zero-order valence-corrected chi connectivity index (χ0v) is 27.9. The second-order valence-corrected chi connectivity index (χ2v) is 12.7. The normalized spacial score (nSPS) is 25.8. The number of nitrogens with zero attached hydrogens (tertiary/aromatic N) is 1. The molecule has 2 aromatic carbocycles. The van der Waals surface area contributed by atoms with Crippen LogP contribution in [0.4, 0.5) is 0 Å². The van der Waals surface area contributed by atoms with Crippen molar-refractivity contribution in [2.45, 2.75) is 37.5 Å². The smallest absolute Gasteiger partial charge is 0.338 e. The molecule has 3 aromatic rings. The van der Waals surface area contributed by atoms with Crippen LogP contribution in [0.25, 0.3) is 10.9 Å². The highest BCUT2D eigenvalue weighted by Crippen LogP contribution is 2.51. The summed E-state index contributed by atoms with van der Waals surface area (Å²) in [6.45, 7) is 1.66. The molecule has 6 atom stereocenters. The number of carbonyl (C=O) groups is 2. The van der Waals surface area contributed by atoms with E-state index in [4.69, 9.17) is 33.2 Å². The predicted octanol–water partition coefficient (Wildman–Crippen LogP) is 4.93. The van der Waals surface area contributed by atoms with Crippen LogP contribution >= 0.6 is 15.9 Å². The minimum atomic E-state index is -0.678. The molecule has 2 aliphatic heterocycles. The maximum atomic E-state index is 13.6. The van der Waals surface area contributed by atoms with Gasteiger partial charge in [0.05, 0.1) is 57.5 Å². The number of H-pyrrole nitrogens is 1. The van der Waals surface area contributed by atoms with Crippen LogP contribution in [-0.2, 0) is 25.4 Å². The van der Waals surface area contributed by atoms with Crippen molar-refractivity contribution in [3.8, 4) is 23.0 Å². The van der Waals surface area contributed by atoms with E-state index >= 15 is 0 Å². The number of benzene rings is 2. The van der Waals surface area contributed by atoms with Gasteiger partial charge in [-0.3, -0.25) is 9.69 Å². The molecular weight excluding hydrogens is 648 g/mol. The summed E-state index contributed by atoms with van der Waals surface area (Å²) in [5.41, 5.74) is 3.76. The van der Waals surface area contributed by atoms with Crippen LogP contribution in [0.3, 0.4) is 0 Å². The fourth-order valence-corrected chi connectivity index (χ4v) is 8.31. The molecule has 11 nitrogen and oxygen atoms in total. The van der Waals surface area contributed by atoms with Crippen LogP contribution < -0.4 is 18.9 Å². The number of halogens is 1. The Kier molecular flexibility index (Phi) is 8.91. The topological polar surface area (TPSA) is 118 Å². The molecule has 0 amide bonds. The van der Waals surface area contributed by atoms with Gasteiger partial charge in [-0.15, -0.1) is 0 Å². The molecular formula is C33H39BrN2O9. The maximum Gasteiger partial charge on any atom is 0.338 e. The Morgan fingerprint density at radius 1 is 0.911 bits per heavy atom. The van der Waals surface area contributed by atoms with Gasteiger partial charge in [0.1, 0.15) is 18.0 Å². The van der Waals surface area contributed by atoms with E-state index in [-0.39, 0.29) is 29.4 Å². The number of ether oxygens (including phenoxy) is 7. The van der Waals surface area contributed by atoms with Crippen LogP contribution in [-0.4, -0.2) is 89.8 Å². The first kappa shape index (κ1) is 31.5.